The number of hydrogen-bond acceptors (Lipinski definition) is 4. The fourth-order valence-electron chi connectivity index (χ4n) is 2.34. The molecular formula is C14H25N3OS. The Hall–Kier alpha value is -0.940. The molecule has 0 fully saturated rings. The van der Waals surface area contributed by atoms with Crippen molar-refractivity contribution in [3.05, 3.63) is 16.1 Å². The summed E-state index contributed by atoms with van der Waals surface area (Å²) in [7, 11) is 0. The van der Waals surface area contributed by atoms with E-state index in [9.17, 15) is 4.79 Å². The van der Waals surface area contributed by atoms with Crippen LogP contribution >= 0.6 is 11.3 Å². The zero-order valence-electron chi connectivity index (χ0n) is 12.7. The first-order valence-electron chi connectivity index (χ1n) is 6.54. The number of rotatable bonds is 4. The van der Waals surface area contributed by atoms with E-state index >= 15 is 0 Å². The lowest BCUT2D eigenvalue weighted by atomic mass is 9.82. The van der Waals surface area contributed by atoms with Gasteiger partial charge in [-0.1, -0.05) is 20.8 Å². The molecule has 0 spiro atoms. The van der Waals surface area contributed by atoms with Crippen LogP contribution in [-0.2, 0) is 0 Å². The van der Waals surface area contributed by atoms with E-state index in [1.807, 2.05) is 20.8 Å². The molecule has 0 saturated carbocycles. The van der Waals surface area contributed by atoms with Crippen LogP contribution in [0.25, 0.3) is 0 Å². The monoisotopic (exact) mass is 283 g/mol. The van der Waals surface area contributed by atoms with E-state index in [1.165, 1.54) is 11.3 Å². The van der Waals surface area contributed by atoms with Gasteiger partial charge in [0.2, 0.25) is 0 Å². The second-order valence-electron chi connectivity index (χ2n) is 6.94. The van der Waals surface area contributed by atoms with E-state index in [0.717, 1.165) is 11.4 Å². The molecule has 0 bridgehead atoms. The minimum Gasteiger partial charge on any atom is -0.346 e. The fourth-order valence-corrected chi connectivity index (χ4v) is 3.10. The molecule has 1 aromatic rings. The molecular weight excluding hydrogens is 258 g/mol. The maximum absolute atomic E-state index is 12.2. The third-order valence-corrected chi connectivity index (χ3v) is 3.61. The molecule has 1 unspecified atom stereocenters. The first-order chi connectivity index (χ1) is 8.50. The van der Waals surface area contributed by atoms with Crippen molar-refractivity contribution in [2.75, 3.05) is 0 Å². The van der Waals surface area contributed by atoms with Crippen LogP contribution in [0, 0.1) is 5.41 Å². The Kier molecular flexibility index (Phi) is 4.74. The van der Waals surface area contributed by atoms with E-state index in [2.05, 4.69) is 31.1 Å². The van der Waals surface area contributed by atoms with Crippen molar-refractivity contribution >= 4 is 17.2 Å². The number of nitrogens with two attached hydrogens (primary N) is 1. The van der Waals surface area contributed by atoms with Crippen LogP contribution in [0.4, 0.5) is 0 Å². The lowest BCUT2D eigenvalue weighted by Gasteiger charge is -2.33. The van der Waals surface area contributed by atoms with Gasteiger partial charge < -0.3 is 11.1 Å². The average molecular weight is 283 g/mol. The summed E-state index contributed by atoms with van der Waals surface area (Å²) < 4.78 is 0. The Bertz CT molecular complexity index is 444. The number of amides is 1. The molecule has 0 aliphatic rings. The lowest BCUT2D eigenvalue weighted by Crippen LogP contribution is -2.45. The van der Waals surface area contributed by atoms with Crippen LogP contribution in [0.1, 0.15) is 69.5 Å². The lowest BCUT2D eigenvalue weighted by molar-refractivity contribution is 0.0887. The molecule has 1 aromatic heterocycles. The largest absolute Gasteiger partial charge is 0.346 e. The molecule has 3 N–H and O–H groups in total. The smallest absolute Gasteiger partial charge is 0.271 e. The highest BCUT2D eigenvalue weighted by molar-refractivity contribution is 7.09. The topological polar surface area (TPSA) is 68.0 Å². The van der Waals surface area contributed by atoms with E-state index < -0.39 is 0 Å². The zero-order valence-corrected chi connectivity index (χ0v) is 13.5. The van der Waals surface area contributed by atoms with Gasteiger partial charge in [0, 0.05) is 10.9 Å². The second kappa shape index (κ2) is 5.59. The van der Waals surface area contributed by atoms with Gasteiger partial charge in [-0.15, -0.1) is 11.3 Å². The number of thiazole rings is 1. The van der Waals surface area contributed by atoms with Crippen molar-refractivity contribution in [1.82, 2.24) is 10.3 Å². The quantitative estimate of drug-likeness (QED) is 0.892. The SMILES string of the molecule is CC(N)c1nc(C(=O)NC(C)(C)CC(C)(C)C)cs1. The van der Waals surface area contributed by atoms with Gasteiger partial charge in [-0.2, -0.15) is 0 Å². The van der Waals surface area contributed by atoms with E-state index in [1.54, 1.807) is 5.38 Å². The van der Waals surface area contributed by atoms with Crippen LogP contribution in [-0.4, -0.2) is 16.4 Å². The van der Waals surface area contributed by atoms with Gasteiger partial charge in [-0.05, 0) is 32.6 Å². The number of nitrogens with one attached hydrogen (secondary N) is 1. The minimum atomic E-state index is -0.257. The number of carbonyl (C=O) groups is 1. The molecule has 1 amide bonds. The highest BCUT2D eigenvalue weighted by Gasteiger charge is 2.28. The molecule has 1 heterocycles. The molecule has 0 radical (unpaired) electrons. The Morgan fingerprint density at radius 3 is 2.42 bits per heavy atom. The van der Waals surface area contributed by atoms with Crippen LogP contribution in [0.5, 0.6) is 0 Å². The van der Waals surface area contributed by atoms with Gasteiger partial charge in [0.15, 0.2) is 0 Å². The molecule has 108 valence electrons. The summed E-state index contributed by atoms with van der Waals surface area (Å²) in [6.45, 7) is 12.4. The molecule has 4 nitrogen and oxygen atoms in total. The van der Waals surface area contributed by atoms with Crippen LogP contribution < -0.4 is 11.1 Å². The Labute approximate surface area is 119 Å². The third-order valence-electron chi connectivity index (χ3n) is 2.57. The standard InChI is InChI=1S/C14H25N3OS/c1-9(15)12-16-10(7-19-12)11(18)17-14(5,6)8-13(2,3)4/h7,9H,8,15H2,1-6H3,(H,17,18). The number of hydrogen-bond donors (Lipinski definition) is 2. The van der Waals surface area contributed by atoms with Crippen molar-refractivity contribution in [2.24, 2.45) is 11.1 Å². The van der Waals surface area contributed by atoms with Crippen molar-refractivity contribution in [3.8, 4) is 0 Å². The molecule has 0 aliphatic carbocycles. The van der Waals surface area contributed by atoms with Gasteiger partial charge in [-0.3, -0.25) is 4.79 Å². The molecule has 1 atom stereocenters. The Morgan fingerprint density at radius 1 is 1.42 bits per heavy atom. The van der Waals surface area contributed by atoms with Crippen molar-refractivity contribution in [2.45, 2.75) is 59.5 Å². The predicted octanol–water partition coefficient (Wildman–Crippen LogP) is 3.11. The van der Waals surface area contributed by atoms with Gasteiger partial charge in [0.25, 0.3) is 5.91 Å². The summed E-state index contributed by atoms with van der Waals surface area (Å²) in [6.07, 6.45) is 0.899. The van der Waals surface area contributed by atoms with Gasteiger partial charge in [0.1, 0.15) is 10.7 Å². The summed E-state index contributed by atoms with van der Waals surface area (Å²) >= 11 is 1.43. The number of aromatic nitrogens is 1. The average Bonchev–Trinajstić information content (AvgIpc) is 2.60. The molecule has 19 heavy (non-hydrogen) atoms. The molecule has 1 rings (SSSR count). The first-order valence-corrected chi connectivity index (χ1v) is 7.42. The van der Waals surface area contributed by atoms with Crippen molar-refractivity contribution < 1.29 is 4.79 Å². The summed E-state index contributed by atoms with van der Waals surface area (Å²) in [5, 5.41) is 5.60. The van der Waals surface area contributed by atoms with E-state index in [4.69, 9.17) is 5.73 Å². The predicted molar refractivity (Wildman–Crippen MR) is 80.3 cm³/mol. The molecule has 0 aliphatic heterocycles. The van der Waals surface area contributed by atoms with Crippen molar-refractivity contribution in [1.29, 1.82) is 0 Å². The van der Waals surface area contributed by atoms with Crippen LogP contribution in [0.3, 0.4) is 0 Å². The third kappa shape index (κ3) is 5.28. The van der Waals surface area contributed by atoms with Crippen LogP contribution in [0.15, 0.2) is 5.38 Å². The Morgan fingerprint density at radius 2 is 2.00 bits per heavy atom. The maximum atomic E-state index is 12.2. The fraction of sp³-hybridized carbons (Fsp3) is 0.714. The normalized spacial score (nSPS) is 14.3. The molecule has 0 aromatic carbocycles. The highest BCUT2D eigenvalue weighted by Crippen LogP contribution is 2.27. The first kappa shape index (κ1) is 16.1. The van der Waals surface area contributed by atoms with Crippen LogP contribution in [0.2, 0.25) is 0 Å². The summed E-state index contributed by atoms with van der Waals surface area (Å²) in [4.78, 5) is 16.4. The van der Waals surface area contributed by atoms with E-state index in [0.29, 0.717) is 5.69 Å². The Balaban J connectivity index is 2.73. The molecule has 0 saturated heterocycles. The van der Waals surface area contributed by atoms with Gasteiger partial charge in [0.05, 0.1) is 6.04 Å². The minimum absolute atomic E-state index is 0.127. The van der Waals surface area contributed by atoms with Crippen molar-refractivity contribution in [3.63, 3.8) is 0 Å². The second-order valence-corrected chi connectivity index (χ2v) is 7.82. The summed E-state index contributed by atoms with van der Waals surface area (Å²) in [5.74, 6) is -0.127. The highest BCUT2D eigenvalue weighted by atomic mass is 32.1. The maximum Gasteiger partial charge on any atom is 0.271 e. The van der Waals surface area contributed by atoms with Gasteiger partial charge in [-0.25, -0.2) is 4.98 Å². The zero-order chi connectivity index (χ0) is 14.8. The number of carbonyl (C=O) groups excluding carboxylic acids is 1. The van der Waals surface area contributed by atoms with E-state index in [-0.39, 0.29) is 22.9 Å². The summed E-state index contributed by atoms with van der Waals surface area (Å²) in [5.41, 5.74) is 6.12. The van der Waals surface area contributed by atoms with Gasteiger partial charge >= 0.3 is 0 Å². The summed E-state index contributed by atoms with van der Waals surface area (Å²) in [6, 6.07) is -0.130. The number of nitrogens with zero attached hydrogens (tertiary/aromatic N) is 1. The molecule has 5 heteroatoms.